The normalized spacial score (nSPS) is 11.7. The van der Waals surface area contributed by atoms with Crippen molar-refractivity contribution >= 4 is 17.7 Å². The van der Waals surface area contributed by atoms with Crippen LogP contribution in [0.1, 0.15) is 29.7 Å². The number of amides is 1. The second-order valence-electron chi connectivity index (χ2n) is 5.95. The van der Waals surface area contributed by atoms with Crippen LogP contribution in [0.15, 0.2) is 41.3 Å². The van der Waals surface area contributed by atoms with E-state index < -0.39 is 0 Å². The summed E-state index contributed by atoms with van der Waals surface area (Å²) < 4.78 is 10.7. The fraction of sp³-hybridized carbons (Fsp3) is 0.350. The molecule has 0 bridgehead atoms. The lowest BCUT2D eigenvalue weighted by atomic mass is 10.1. The summed E-state index contributed by atoms with van der Waals surface area (Å²) in [6.45, 7) is 6.07. The van der Waals surface area contributed by atoms with Crippen molar-refractivity contribution in [3.8, 4) is 11.5 Å². The fourth-order valence-electron chi connectivity index (χ4n) is 2.64. The number of ether oxygens (including phenoxy) is 2. The van der Waals surface area contributed by atoms with Gasteiger partial charge in [-0.3, -0.25) is 4.79 Å². The highest BCUT2D eigenvalue weighted by Gasteiger charge is 2.15. The molecule has 0 saturated carbocycles. The highest BCUT2D eigenvalue weighted by molar-refractivity contribution is 8.00. The van der Waals surface area contributed by atoms with Crippen LogP contribution in [0.4, 0.5) is 0 Å². The predicted octanol–water partition coefficient (Wildman–Crippen LogP) is 4.29. The van der Waals surface area contributed by atoms with Crippen LogP contribution in [0.3, 0.4) is 0 Å². The standard InChI is InChI=1S/C20H25NO3S/c1-13-6-9-19(14(2)10-13)25-12-20(22)21-15(3)17-11-16(23-4)7-8-18(17)24-5/h6-11,15H,12H2,1-5H3,(H,21,22). The van der Waals surface area contributed by atoms with E-state index in [-0.39, 0.29) is 11.9 Å². The Balaban J connectivity index is 2.00. The number of hydrogen-bond acceptors (Lipinski definition) is 4. The lowest BCUT2D eigenvalue weighted by molar-refractivity contribution is -0.119. The van der Waals surface area contributed by atoms with Crippen molar-refractivity contribution < 1.29 is 14.3 Å². The molecule has 1 N–H and O–H groups in total. The van der Waals surface area contributed by atoms with E-state index in [1.165, 1.54) is 11.1 Å². The van der Waals surface area contributed by atoms with Crippen LogP contribution in [-0.4, -0.2) is 25.9 Å². The minimum absolute atomic E-state index is 0.0117. The van der Waals surface area contributed by atoms with E-state index in [0.29, 0.717) is 5.75 Å². The van der Waals surface area contributed by atoms with Gasteiger partial charge < -0.3 is 14.8 Å². The van der Waals surface area contributed by atoms with E-state index in [1.807, 2.05) is 25.1 Å². The van der Waals surface area contributed by atoms with Gasteiger partial charge in [-0.1, -0.05) is 17.7 Å². The number of thioether (sulfide) groups is 1. The zero-order valence-electron chi connectivity index (χ0n) is 15.4. The van der Waals surface area contributed by atoms with Crippen molar-refractivity contribution in [1.29, 1.82) is 0 Å². The third-order valence-corrected chi connectivity index (χ3v) is 5.15. The van der Waals surface area contributed by atoms with E-state index in [2.05, 4.69) is 37.4 Å². The topological polar surface area (TPSA) is 47.6 Å². The van der Waals surface area contributed by atoms with Crippen molar-refractivity contribution in [2.75, 3.05) is 20.0 Å². The molecular weight excluding hydrogens is 334 g/mol. The lowest BCUT2D eigenvalue weighted by Crippen LogP contribution is -2.28. The van der Waals surface area contributed by atoms with Crippen LogP contribution in [0, 0.1) is 13.8 Å². The first-order valence-electron chi connectivity index (χ1n) is 8.16. The number of carbonyl (C=O) groups excluding carboxylic acids is 1. The van der Waals surface area contributed by atoms with Crippen molar-refractivity contribution in [2.24, 2.45) is 0 Å². The minimum Gasteiger partial charge on any atom is -0.497 e. The van der Waals surface area contributed by atoms with Crippen LogP contribution in [-0.2, 0) is 4.79 Å². The summed E-state index contributed by atoms with van der Waals surface area (Å²) in [4.78, 5) is 13.5. The smallest absolute Gasteiger partial charge is 0.230 e. The molecule has 0 aliphatic rings. The van der Waals surface area contributed by atoms with E-state index in [1.54, 1.807) is 26.0 Å². The van der Waals surface area contributed by atoms with Crippen molar-refractivity contribution in [1.82, 2.24) is 5.32 Å². The summed E-state index contributed by atoms with van der Waals surface area (Å²) in [5.41, 5.74) is 3.32. The fourth-order valence-corrected chi connectivity index (χ4v) is 3.46. The highest BCUT2D eigenvalue weighted by atomic mass is 32.2. The molecule has 25 heavy (non-hydrogen) atoms. The number of aryl methyl sites for hydroxylation is 2. The molecule has 1 unspecified atom stereocenters. The van der Waals surface area contributed by atoms with Gasteiger partial charge in [-0.2, -0.15) is 0 Å². The molecule has 0 heterocycles. The zero-order chi connectivity index (χ0) is 18.4. The SMILES string of the molecule is COc1ccc(OC)c(C(C)NC(=O)CSc2ccc(C)cc2C)c1. The maximum Gasteiger partial charge on any atom is 0.230 e. The molecule has 134 valence electrons. The quantitative estimate of drug-likeness (QED) is 0.749. The summed E-state index contributed by atoms with van der Waals surface area (Å²) in [6, 6.07) is 11.7. The highest BCUT2D eigenvalue weighted by Crippen LogP contribution is 2.29. The third-order valence-electron chi connectivity index (χ3n) is 3.97. The predicted molar refractivity (Wildman–Crippen MR) is 103 cm³/mol. The molecule has 2 rings (SSSR count). The summed E-state index contributed by atoms with van der Waals surface area (Å²) in [5, 5.41) is 3.03. The zero-order valence-corrected chi connectivity index (χ0v) is 16.2. The summed E-state index contributed by atoms with van der Waals surface area (Å²) >= 11 is 1.55. The molecule has 1 amide bonds. The molecule has 0 aromatic heterocycles. The van der Waals surface area contributed by atoms with Crippen molar-refractivity contribution in [3.63, 3.8) is 0 Å². The molecule has 0 fully saturated rings. The molecular formula is C20H25NO3S. The second kappa shape index (κ2) is 8.81. The average Bonchev–Trinajstić information content (AvgIpc) is 2.60. The summed E-state index contributed by atoms with van der Waals surface area (Å²) in [5.74, 6) is 1.83. The molecule has 4 nitrogen and oxygen atoms in total. The Hall–Kier alpha value is -2.14. The Kier molecular flexibility index (Phi) is 6.76. The van der Waals surface area contributed by atoms with Crippen LogP contribution in [0.2, 0.25) is 0 Å². The Bertz CT molecular complexity index is 746. The van der Waals surface area contributed by atoms with Crippen molar-refractivity contribution in [3.05, 3.63) is 53.1 Å². The van der Waals surface area contributed by atoms with E-state index in [4.69, 9.17) is 9.47 Å². The van der Waals surface area contributed by atoms with Crippen LogP contribution in [0.5, 0.6) is 11.5 Å². The van der Waals surface area contributed by atoms with Gasteiger partial charge in [-0.05, 0) is 50.6 Å². The molecule has 5 heteroatoms. The number of nitrogens with one attached hydrogen (secondary N) is 1. The Morgan fingerprint density at radius 1 is 1.12 bits per heavy atom. The number of methoxy groups -OCH3 is 2. The van der Waals surface area contributed by atoms with Gasteiger partial charge in [0.1, 0.15) is 11.5 Å². The largest absolute Gasteiger partial charge is 0.497 e. The van der Waals surface area contributed by atoms with Gasteiger partial charge in [0.2, 0.25) is 5.91 Å². The van der Waals surface area contributed by atoms with Crippen molar-refractivity contribution in [2.45, 2.75) is 31.7 Å². The van der Waals surface area contributed by atoms with E-state index in [9.17, 15) is 4.79 Å². The van der Waals surface area contributed by atoms with Gasteiger partial charge >= 0.3 is 0 Å². The molecule has 0 spiro atoms. The van der Waals surface area contributed by atoms with Crippen LogP contribution in [0.25, 0.3) is 0 Å². The molecule has 2 aromatic rings. The first-order valence-corrected chi connectivity index (χ1v) is 9.14. The number of carbonyl (C=O) groups is 1. The molecule has 0 aliphatic heterocycles. The number of hydrogen-bond donors (Lipinski definition) is 1. The summed E-state index contributed by atoms with van der Waals surface area (Å²) in [7, 11) is 3.24. The Morgan fingerprint density at radius 2 is 1.88 bits per heavy atom. The molecule has 1 atom stereocenters. The van der Waals surface area contributed by atoms with E-state index in [0.717, 1.165) is 22.0 Å². The first-order chi connectivity index (χ1) is 11.9. The Labute approximate surface area is 153 Å². The first kappa shape index (κ1) is 19.2. The molecule has 0 saturated heterocycles. The number of rotatable bonds is 7. The maximum atomic E-state index is 12.3. The number of benzene rings is 2. The second-order valence-corrected chi connectivity index (χ2v) is 6.97. The summed E-state index contributed by atoms with van der Waals surface area (Å²) in [6.07, 6.45) is 0. The monoisotopic (exact) mass is 359 g/mol. The Morgan fingerprint density at radius 3 is 2.52 bits per heavy atom. The lowest BCUT2D eigenvalue weighted by Gasteiger charge is -2.18. The van der Waals surface area contributed by atoms with Gasteiger partial charge in [0.25, 0.3) is 0 Å². The van der Waals surface area contributed by atoms with Gasteiger partial charge in [-0.25, -0.2) is 0 Å². The maximum absolute atomic E-state index is 12.3. The van der Waals surface area contributed by atoms with Crippen LogP contribution < -0.4 is 14.8 Å². The van der Waals surface area contributed by atoms with Gasteiger partial charge in [-0.15, -0.1) is 11.8 Å². The van der Waals surface area contributed by atoms with Crippen LogP contribution >= 0.6 is 11.8 Å². The van der Waals surface area contributed by atoms with Gasteiger partial charge in [0.05, 0.1) is 26.0 Å². The molecule has 0 radical (unpaired) electrons. The van der Waals surface area contributed by atoms with Gasteiger partial charge in [0.15, 0.2) is 0 Å². The minimum atomic E-state index is -0.169. The molecule has 2 aromatic carbocycles. The average molecular weight is 359 g/mol. The third kappa shape index (κ3) is 5.16. The van der Waals surface area contributed by atoms with Gasteiger partial charge in [0, 0.05) is 10.5 Å². The molecule has 0 aliphatic carbocycles. The van der Waals surface area contributed by atoms with E-state index >= 15 is 0 Å².